The van der Waals surface area contributed by atoms with Gasteiger partial charge in [-0.1, -0.05) is 6.92 Å². The first-order valence-electron chi connectivity index (χ1n) is 5.01. The molecular weight excluding hydrogens is 221 g/mol. The number of aromatic nitrogens is 2. The molecule has 92 valence electrons. The molecule has 0 aromatic carbocycles. The van der Waals surface area contributed by atoms with Gasteiger partial charge in [0.05, 0.1) is 18.7 Å². The summed E-state index contributed by atoms with van der Waals surface area (Å²) in [6, 6.07) is -0.939. The second-order valence-electron chi connectivity index (χ2n) is 3.58. The third-order valence-electron chi connectivity index (χ3n) is 2.15. The molecule has 0 amide bonds. The average Bonchev–Trinajstić information content (AvgIpc) is 2.62. The van der Waals surface area contributed by atoms with Crippen LogP contribution in [0.3, 0.4) is 0 Å². The Kier molecular flexibility index (Phi) is 4.31. The van der Waals surface area contributed by atoms with Crippen LogP contribution in [0.25, 0.3) is 0 Å². The van der Waals surface area contributed by atoms with Gasteiger partial charge in [0.15, 0.2) is 0 Å². The molecule has 0 aliphatic carbocycles. The summed E-state index contributed by atoms with van der Waals surface area (Å²) in [5.74, 6) is 5.11. The van der Waals surface area contributed by atoms with Gasteiger partial charge in [0.1, 0.15) is 0 Å². The second-order valence-corrected chi connectivity index (χ2v) is 3.58. The lowest BCUT2D eigenvalue weighted by Crippen LogP contribution is -2.31. The van der Waals surface area contributed by atoms with Crippen molar-refractivity contribution in [1.29, 1.82) is 0 Å². The molecule has 0 aliphatic rings. The summed E-state index contributed by atoms with van der Waals surface area (Å²) in [6.45, 7) is 2.65. The summed E-state index contributed by atoms with van der Waals surface area (Å²) < 4.78 is 38.2. The summed E-state index contributed by atoms with van der Waals surface area (Å²) in [6.07, 6.45) is -1.38. The number of aryl methyl sites for hydroxylation is 1. The lowest BCUT2D eigenvalue weighted by atomic mass is 10.1. The maximum Gasteiger partial charge on any atom is 0.390 e. The van der Waals surface area contributed by atoms with Gasteiger partial charge >= 0.3 is 6.18 Å². The van der Waals surface area contributed by atoms with Crippen LogP contribution in [0.5, 0.6) is 0 Å². The smallest absolute Gasteiger partial charge is 0.272 e. The number of halogens is 3. The van der Waals surface area contributed by atoms with E-state index in [1.165, 1.54) is 6.20 Å². The van der Waals surface area contributed by atoms with Crippen LogP contribution in [-0.4, -0.2) is 16.0 Å². The summed E-state index contributed by atoms with van der Waals surface area (Å²) in [5.41, 5.74) is 2.61. The van der Waals surface area contributed by atoms with Crippen molar-refractivity contribution in [3.05, 3.63) is 18.0 Å². The number of nitrogens with zero attached hydrogens (tertiary/aromatic N) is 2. The first-order chi connectivity index (χ1) is 7.46. The van der Waals surface area contributed by atoms with Crippen molar-refractivity contribution >= 4 is 0 Å². The molecule has 0 aliphatic heterocycles. The fourth-order valence-corrected chi connectivity index (χ4v) is 1.42. The zero-order valence-corrected chi connectivity index (χ0v) is 8.96. The number of hydrogen-bond acceptors (Lipinski definition) is 3. The van der Waals surface area contributed by atoms with Crippen molar-refractivity contribution in [1.82, 2.24) is 15.2 Å². The average molecular weight is 236 g/mol. The van der Waals surface area contributed by atoms with E-state index >= 15 is 0 Å². The third-order valence-corrected chi connectivity index (χ3v) is 2.15. The number of nitrogens with two attached hydrogens (primary N) is 1. The van der Waals surface area contributed by atoms with E-state index in [9.17, 15) is 13.2 Å². The predicted octanol–water partition coefficient (Wildman–Crippen LogP) is 1.75. The molecule has 1 unspecified atom stereocenters. The van der Waals surface area contributed by atoms with Gasteiger partial charge in [-0.05, 0) is 6.42 Å². The molecule has 0 saturated heterocycles. The van der Waals surface area contributed by atoms with Gasteiger partial charge in [0, 0.05) is 18.3 Å². The highest BCUT2D eigenvalue weighted by atomic mass is 19.4. The predicted molar refractivity (Wildman–Crippen MR) is 53.3 cm³/mol. The van der Waals surface area contributed by atoms with Crippen LogP contribution in [0.15, 0.2) is 12.4 Å². The van der Waals surface area contributed by atoms with Crippen LogP contribution < -0.4 is 11.3 Å². The van der Waals surface area contributed by atoms with E-state index in [2.05, 4.69) is 10.5 Å². The van der Waals surface area contributed by atoms with Crippen LogP contribution >= 0.6 is 0 Å². The maximum absolute atomic E-state index is 12.2. The second kappa shape index (κ2) is 5.31. The van der Waals surface area contributed by atoms with E-state index in [0.29, 0.717) is 12.1 Å². The summed E-state index contributed by atoms with van der Waals surface area (Å²) in [7, 11) is 0. The van der Waals surface area contributed by atoms with Crippen LogP contribution in [0.4, 0.5) is 13.2 Å². The minimum absolute atomic E-state index is 0.452. The summed E-state index contributed by atoms with van der Waals surface area (Å²) in [4.78, 5) is 0. The van der Waals surface area contributed by atoms with E-state index in [4.69, 9.17) is 5.84 Å². The van der Waals surface area contributed by atoms with Crippen molar-refractivity contribution in [2.24, 2.45) is 5.84 Å². The molecule has 1 atom stereocenters. The van der Waals surface area contributed by atoms with Crippen LogP contribution in [-0.2, 0) is 6.54 Å². The van der Waals surface area contributed by atoms with Gasteiger partial charge in [-0.3, -0.25) is 16.0 Å². The first-order valence-corrected chi connectivity index (χ1v) is 5.01. The largest absolute Gasteiger partial charge is 0.390 e. The zero-order chi connectivity index (χ0) is 12.2. The molecule has 1 aromatic rings. The zero-order valence-electron chi connectivity index (χ0n) is 8.96. The number of hydrazine groups is 1. The third kappa shape index (κ3) is 3.82. The van der Waals surface area contributed by atoms with Crippen LogP contribution in [0.1, 0.15) is 31.4 Å². The van der Waals surface area contributed by atoms with Crippen LogP contribution in [0.2, 0.25) is 0 Å². The molecule has 1 aromatic heterocycles. The maximum atomic E-state index is 12.2. The lowest BCUT2D eigenvalue weighted by Gasteiger charge is -2.15. The van der Waals surface area contributed by atoms with Gasteiger partial charge in [-0.15, -0.1) is 0 Å². The highest BCUT2D eigenvalue weighted by Gasteiger charge is 2.32. The van der Waals surface area contributed by atoms with Crippen molar-refractivity contribution < 1.29 is 13.2 Å². The molecule has 0 spiro atoms. The van der Waals surface area contributed by atoms with E-state index in [-0.39, 0.29) is 0 Å². The highest BCUT2D eigenvalue weighted by molar-refractivity contribution is 5.10. The summed E-state index contributed by atoms with van der Waals surface area (Å²) >= 11 is 0. The Morgan fingerprint density at radius 2 is 2.25 bits per heavy atom. The highest BCUT2D eigenvalue weighted by Crippen LogP contribution is 2.28. The Morgan fingerprint density at radius 1 is 1.56 bits per heavy atom. The Labute approximate surface area is 91.6 Å². The number of nitrogens with one attached hydrogen (secondary N) is 1. The molecule has 7 heteroatoms. The number of alkyl halides is 3. The van der Waals surface area contributed by atoms with Crippen molar-refractivity contribution in [2.45, 2.75) is 38.5 Å². The van der Waals surface area contributed by atoms with Gasteiger partial charge < -0.3 is 0 Å². The quantitative estimate of drug-likeness (QED) is 0.605. The SMILES string of the molecule is CCCn1cc(C(CC(F)(F)F)NN)cn1. The van der Waals surface area contributed by atoms with E-state index in [1.54, 1.807) is 10.9 Å². The topological polar surface area (TPSA) is 55.9 Å². The monoisotopic (exact) mass is 236 g/mol. The molecule has 4 nitrogen and oxygen atoms in total. The van der Waals surface area contributed by atoms with Gasteiger partial charge in [-0.2, -0.15) is 18.3 Å². The molecule has 0 bridgehead atoms. The minimum atomic E-state index is -4.25. The van der Waals surface area contributed by atoms with Crippen LogP contribution in [0, 0.1) is 0 Å². The lowest BCUT2D eigenvalue weighted by molar-refractivity contribution is -0.140. The van der Waals surface area contributed by atoms with Gasteiger partial charge in [0.2, 0.25) is 0 Å². The number of rotatable bonds is 5. The van der Waals surface area contributed by atoms with Gasteiger partial charge in [-0.25, -0.2) is 0 Å². The Hall–Kier alpha value is -1.08. The Bertz CT molecular complexity index is 321. The molecule has 0 fully saturated rings. The molecule has 3 N–H and O–H groups in total. The normalized spacial score (nSPS) is 14.1. The van der Waals surface area contributed by atoms with E-state index < -0.39 is 18.6 Å². The number of hydrogen-bond donors (Lipinski definition) is 2. The molecular formula is C9H15F3N4. The molecule has 1 heterocycles. The standard InChI is InChI=1S/C9H15F3N4/c1-2-3-16-6-7(5-14-16)8(15-13)4-9(10,11)12/h5-6,8,15H,2-4,13H2,1H3. The molecule has 0 radical (unpaired) electrons. The van der Waals surface area contributed by atoms with Crippen molar-refractivity contribution in [3.63, 3.8) is 0 Å². The first kappa shape index (κ1) is 13.0. The fourth-order valence-electron chi connectivity index (χ4n) is 1.42. The Morgan fingerprint density at radius 3 is 2.75 bits per heavy atom. The van der Waals surface area contributed by atoms with E-state index in [0.717, 1.165) is 6.42 Å². The molecule has 1 rings (SSSR count). The minimum Gasteiger partial charge on any atom is -0.272 e. The van der Waals surface area contributed by atoms with Gasteiger partial charge in [0.25, 0.3) is 0 Å². The summed E-state index contributed by atoms with van der Waals surface area (Å²) in [5, 5.41) is 3.96. The van der Waals surface area contributed by atoms with E-state index in [1.807, 2.05) is 6.92 Å². The Balaban J connectivity index is 2.71. The van der Waals surface area contributed by atoms with Crippen molar-refractivity contribution in [2.75, 3.05) is 0 Å². The molecule has 0 saturated carbocycles. The molecule has 16 heavy (non-hydrogen) atoms. The fraction of sp³-hybridized carbons (Fsp3) is 0.667. The van der Waals surface area contributed by atoms with Crippen molar-refractivity contribution in [3.8, 4) is 0 Å².